The van der Waals surface area contributed by atoms with Crippen molar-refractivity contribution in [3.63, 3.8) is 0 Å². The van der Waals surface area contributed by atoms with Crippen LogP contribution in [0.2, 0.25) is 0 Å². The molecule has 0 radical (unpaired) electrons. The molecule has 13 heteroatoms. The van der Waals surface area contributed by atoms with Crippen molar-refractivity contribution in [3.8, 4) is 0 Å². The third kappa shape index (κ3) is 3.81. The van der Waals surface area contributed by atoms with Crippen molar-refractivity contribution in [2.45, 2.75) is 24.5 Å². The minimum atomic E-state index is -4.96. The standard InChI is InChI=1S/C11H15N4O7P.Na/c12-9-5-1-2-15(10(5)14-4-13-9)11-8(17)7(16)6(22-11)3-21-23(18,19)20;/h1-2,4,6-8,11,16-17H,3H2,(H2,12,13,14)(H2,18,19,20);/q;+1/p-1/t6-,7-,8-,11-;/m1./s1. The van der Waals surface area contributed by atoms with Crippen LogP contribution in [0.4, 0.5) is 5.82 Å². The van der Waals surface area contributed by atoms with Gasteiger partial charge in [-0.3, -0.25) is 4.57 Å². The molecule has 11 nitrogen and oxygen atoms in total. The number of fused-ring (bicyclic) bond motifs is 1. The van der Waals surface area contributed by atoms with Crippen molar-refractivity contribution in [1.29, 1.82) is 0 Å². The second kappa shape index (κ2) is 7.34. The molecule has 2 aromatic rings. The quantitative estimate of drug-likeness (QED) is 0.302. The Bertz CT molecular complexity index is 768. The summed E-state index contributed by atoms with van der Waals surface area (Å²) in [6.45, 7) is -0.637. The number of hydrogen-bond donors (Lipinski definition) is 4. The summed E-state index contributed by atoms with van der Waals surface area (Å²) in [5.74, 6) is 0.245. The molecule has 0 aromatic carbocycles. The van der Waals surface area contributed by atoms with Gasteiger partial charge in [0.05, 0.1) is 12.0 Å². The minimum absolute atomic E-state index is 0. The first kappa shape index (κ1) is 19.7. The first-order valence-corrected chi connectivity index (χ1v) is 8.04. The van der Waals surface area contributed by atoms with Crippen LogP contribution in [-0.4, -0.2) is 54.6 Å². The molecule has 1 aliphatic rings. The molecular weight excluding hydrogens is 354 g/mol. The van der Waals surface area contributed by atoms with Crippen molar-refractivity contribution in [2.24, 2.45) is 0 Å². The van der Waals surface area contributed by atoms with Crippen LogP contribution in [0.1, 0.15) is 6.23 Å². The second-order valence-corrected chi connectivity index (χ2v) is 6.23. The molecule has 3 heterocycles. The van der Waals surface area contributed by atoms with E-state index in [1.807, 2.05) is 0 Å². The number of rotatable bonds is 4. The van der Waals surface area contributed by atoms with Crippen LogP contribution in [0.3, 0.4) is 0 Å². The summed E-state index contributed by atoms with van der Waals surface area (Å²) in [6, 6.07) is 1.62. The van der Waals surface area contributed by atoms with Gasteiger partial charge in [-0.25, -0.2) is 9.97 Å². The van der Waals surface area contributed by atoms with Crippen LogP contribution in [0, 0.1) is 0 Å². The van der Waals surface area contributed by atoms with Crippen LogP contribution in [-0.2, 0) is 13.8 Å². The van der Waals surface area contributed by atoms with Crippen LogP contribution >= 0.6 is 7.82 Å². The van der Waals surface area contributed by atoms with Gasteiger partial charge in [0.25, 0.3) is 7.82 Å². The second-order valence-electron chi connectivity index (χ2n) is 5.03. The van der Waals surface area contributed by atoms with Crippen LogP contribution in [0.5, 0.6) is 0 Å². The van der Waals surface area contributed by atoms with Gasteiger partial charge in [0, 0.05) is 6.20 Å². The fourth-order valence-corrected chi connectivity index (χ4v) is 2.80. The van der Waals surface area contributed by atoms with E-state index in [2.05, 4.69) is 14.5 Å². The van der Waals surface area contributed by atoms with E-state index in [9.17, 15) is 19.7 Å². The molecule has 1 fully saturated rings. The Balaban J connectivity index is 0.00000208. The zero-order chi connectivity index (χ0) is 16.8. The van der Waals surface area contributed by atoms with Gasteiger partial charge >= 0.3 is 29.6 Å². The summed E-state index contributed by atoms with van der Waals surface area (Å²) in [6.07, 6.45) is -2.17. The summed E-state index contributed by atoms with van der Waals surface area (Å²) in [7, 11) is -4.96. The number of aromatic nitrogens is 3. The zero-order valence-corrected chi connectivity index (χ0v) is 15.5. The Morgan fingerprint density at radius 2 is 2.12 bits per heavy atom. The molecule has 2 aromatic heterocycles. The molecule has 1 saturated heterocycles. The first-order chi connectivity index (χ1) is 10.8. The normalized spacial score (nSPS) is 29.3. The third-order valence-corrected chi connectivity index (χ3v) is 4.03. The van der Waals surface area contributed by atoms with Gasteiger partial charge in [-0.2, -0.15) is 0 Å². The molecule has 5 N–H and O–H groups in total. The van der Waals surface area contributed by atoms with E-state index in [4.69, 9.17) is 15.4 Å². The predicted molar refractivity (Wildman–Crippen MR) is 73.6 cm³/mol. The summed E-state index contributed by atoms with van der Waals surface area (Å²) >= 11 is 0. The van der Waals surface area contributed by atoms with Crippen molar-refractivity contribution in [3.05, 3.63) is 18.6 Å². The van der Waals surface area contributed by atoms with Crippen molar-refractivity contribution in [1.82, 2.24) is 14.5 Å². The summed E-state index contributed by atoms with van der Waals surface area (Å²) < 4.78 is 21.7. The number of anilines is 1. The van der Waals surface area contributed by atoms with E-state index in [0.29, 0.717) is 11.0 Å². The van der Waals surface area contributed by atoms with Crippen LogP contribution in [0.15, 0.2) is 18.6 Å². The van der Waals surface area contributed by atoms with E-state index in [0.717, 1.165) is 0 Å². The van der Waals surface area contributed by atoms with Crippen molar-refractivity contribution < 1.29 is 63.4 Å². The third-order valence-electron chi connectivity index (χ3n) is 3.55. The molecule has 126 valence electrons. The van der Waals surface area contributed by atoms with Gasteiger partial charge in [-0.15, -0.1) is 0 Å². The van der Waals surface area contributed by atoms with E-state index in [1.165, 1.54) is 10.9 Å². The fraction of sp³-hybridized carbons (Fsp3) is 0.455. The molecule has 0 spiro atoms. The van der Waals surface area contributed by atoms with Gasteiger partial charge in [0.15, 0.2) is 6.23 Å². The van der Waals surface area contributed by atoms with Gasteiger partial charge in [-0.05, 0) is 6.07 Å². The first-order valence-electron chi connectivity index (χ1n) is 6.55. The van der Waals surface area contributed by atoms with Crippen LogP contribution in [0.25, 0.3) is 11.0 Å². The van der Waals surface area contributed by atoms with E-state index in [-0.39, 0.29) is 35.4 Å². The Labute approximate surface area is 157 Å². The number of phosphoric ester groups is 1. The van der Waals surface area contributed by atoms with Crippen LogP contribution < -0.4 is 40.2 Å². The molecule has 5 atom stereocenters. The van der Waals surface area contributed by atoms with Crippen molar-refractivity contribution in [2.75, 3.05) is 12.3 Å². The average Bonchev–Trinajstić information content (AvgIpc) is 3.01. The smallest absolute Gasteiger partial charge is 0.756 e. The Hall–Kier alpha value is -0.590. The van der Waals surface area contributed by atoms with Gasteiger partial charge in [0.1, 0.15) is 36.1 Å². The predicted octanol–water partition coefficient (Wildman–Crippen LogP) is -4.89. The maximum atomic E-state index is 10.6. The molecule has 1 unspecified atom stereocenters. The molecular formula is C11H14N4NaO7P. The average molecular weight is 368 g/mol. The Morgan fingerprint density at radius 3 is 2.79 bits per heavy atom. The molecule has 1 aliphatic heterocycles. The van der Waals surface area contributed by atoms with Gasteiger partial charge in [-0.1, -0.05) is 0 Å². The number of ether oxygens (including phenoxy) is 1. The molecule has 0 aliphatic carbocycles. The number of aliphatic hydroxyl groups excluding tert-OH is 2. The molecule has 0 saturated carbocycles. The number of phosphoric acid groups is 1. The number of aliphatic hydroxyl groups is 2. The van der Waals surface area contributed by atoms with E-state index in [1.54, 1.807) is 12.3 Å². The maximum absolute atomic E-state index is 10.6. The molecule has 3 rings (SSSR count). The number of nitrogens with two attached hydrogens (primary N) is 1. The van der Waals surface area contributed by atoms with Gasteiger partial charge < -0.3 is 39.6 Å². The topological polar surface area (TPSA) is 176 Å². The zero-order valence-electron chi connectivity index (χ0n) is 12.6. The SMILES string of the molecule is Nc1ncnc2c1ccn2[C@@H]1O[C@H](COP(=O)([O-])O)[C@@H](O)[C@H]1O.[Na+]. The summed E-state index contributed by atoms with van der Waals surface area (Å²) in [4.78, 5) is 27.1. The molecule has 0 amide bonds. The maximum Gasteiger partial charge on any atom is 1.00 e. The monoisotopic (exact) mass is 368 g/mol. The summed E-state index contributed by atoms with van der Waals surface area (Å²) in [5, 5.41) is 20.6. The fourth-order valence-electron chi connectivity index (χ4n) is 2.46. The molecule has 24 heavy (non-hydrogen) atoms. The van der Waals surface area contributed by atoms with E-state index < -0.39 is 39.0 Å². The Morgan fingerprint density at radius 1 is 1.42 bits per heavy atom. The van der Waals surface area contributed by atoms with Crippen molar-refractivity contribution >= 4 is 24.7 Å². The minimum Gasteiger partial charge on any atom is -0.756 e. The number of nitrogens with zero attached hydrogens (tertiary/aromatic N) is 3. The van der Waals surface area contributed by atoms with E-state index >= 15 is 0 Å². The Kier molecular flexibility index (Phi) is 6.03. The summed E-state index contributed by atoms with van der Waals surface area (Å²) in [5.41, 5.74) is 6.10. The molecule has 0 bridgehead atoms. The largest absolute Gasteiger partial charge is 1.00 e. The number of nitrogen functional groups attached to an aromatic ring is 1. The number of hydrogen-bond acceptors (Lipinski definition) is 9. The van der Waals surface area contributed by atoms with Gasteiger partial charge in [0.2, 0.25) is 0 Å².